The highest BCUT2D eigenvalue weighted by Crippen LogP contribution is 2.09. The molecule has 8 heteroatoms. The minimum atomic E-state index is -3.74. The summed E-state index contributed by atoms with van der Waals surface area (Å²) in [5.41, 5.74) is -0.698. The van der Waals surface area contributed by atoms with Crippen LogP contribution in [0, 0.1) is 0 Å². The maximum Gasteiger partial charge on any atom is 0.240 e. The standard InChI is InChI=1S/C12H12N2O5S/c15-11-6-9(14(17)8-12(11)16)7-13-20(18,19)10-4-2-1-3-5-10/h1-6,8,13,16-17H,7H2. The van der Waals surface area contributed by atoms with Crippen LogP contribution >= 0.6 is 0 Å². The summed E-state index contributed by atoms with van der Waals surface area (Å²) in [6.45, 7) is -0.288. The van der Waals surface area contributed by atoms with E-state index in [9.17, 15) is 18.4 Å². The summed E-state index contributed by atoms with van der Waals surface area (Å²) in [7, 11) is -3.74. The van der Waals surface area contributed by atoms with Gasteiger partial charge in [-0.15, -0.1) is 0 Å². The first-order valence-corrected chi connectivity index (χ1v) is 7.07. The average Bonchev–Trinajstić information content (AvgIpc) is 2.42. The normalized spacial score (nSPS) is 11.4. The molecule has 1 heterocycles. The SMILES string of the molecule is O=c1cc(CNS(=O)(=O)c2ccccc2)n(O)cc1O. The molecule has 0 bridgehead atoms. The van der Waals surface area contributed by atoms with Crippen LogP contribution in [0.3, 0.4) is 0 Å². The van der Waals surface area contributed by atoms with Crippen molar-refractivity contribution in [2.45, 2.75) is 11.4 Å². The Hall–Kier alpha value is -2.32. The molecule has 0 unspecified atom stereocenters. The van der Waals surface area contributed by atoms with Crippen LogP contribution in [0.1, 0.15) is 5.69 Å². The summed E-state index contributed by atoms with van der Waals surface area (Å²) >= 11 is 0. The summed E-state index contributed by atoms with van der Waals surface area (Å²) < 4.78 is 26.6. The first-order valence-electron chi connectivity index (χ1n) is 5.58. The Bertz CT molecular complexity index is 768. The Kier molecular flexibility index (Phi) is 3.77. The largest absolute Gasteiger partial charge is 0.503 e. The lowest BCUT2D eigenvalue weighted by Crippen LogP contribution is -2.25. The topological polar surface area (TPSA) is 109 Å². The van der Waals surface area contributed by atoms with Crippen LogP contribution in [-0.2, 0) is 16.6 Å². The number of aromatic nitrogens is 1. The van der Waals surface area contributed by atoms with E-state index in [0.29, 0.717) is 4.73 Å². The molecule has 0 fully saturated rings. The van der Waals surface area contributed by atoms with Gasteiger partial charge in [-0.05, 0) is 12.1 Å². The first-order chi connectivity index (χ1) is 9.40. The van der Waals surface area contributed by atoms with Crippen molar-refractivity contribution in [3.05, 3.63) is 58.5 Å². The summed E-state index contributed by atoms with van der Waals surface area (Å²) in [6, 6.07) is 8.64. The van der Waals surface area contributed by atoms with Crippen molar-refractivity contribution in [3.63, 3.8) is 0 Å². The van der Waals surface area contributed by atoms with Gasteiger partial charge in [-0.1, -0.05) is 18.2 Å². The Morgan fingerprint density at radius 2 is 1.85 bits per heavy atom. The van der Waals surface area contributed by atoms with E-state index < -0.39 is 21.2 Å². The molecule has 0 aliphatic heterocycles. The van der Waals surface area contributed by atoms with Gasteiger partial charge in [-0.3, -0.25) is 4.79 Å². The number of rotatable bonds is 4. The summed E-state index contributed by atoms with van der Waals surface area (Å²) in [5, 5.41) is 18.6. The summed E-state index contributed by atoms with van der Waals surface area (Å²) in [5.74, 6) is -0.623. The molecule has 2 aromatic rings. The van der Waals surface area contributed by atoms with Crippen LogP contribution < -0.4 is 10.2 Å². The Morgan fingerprint density at radius 3 is 2.50 bits per heavy atom. The van der Waals surface area contributed by atoms with Gasteiger partial charge in [0.1, 0.15) is 0 Å². The molecule has 0 aliphatic rings. The van der Waals surface area contributed by atoms with E-state index in [1.165, 1.54) is 12.1 Å². The zero-order valence-electron chi connectivity index (χ0n) is 10.2. The second-order valence-corrected chi connectivity index (χ2v) is 5.76. The molecule has 2 rings (SSSR count). The van der Waals surface area contributed by atoms with Gasteiger partial charge in [0, 0.05) is 6.07 Å². The molecule has 106 valence electrons. The van der Waals surface area contributed by atoms with Crippen LogP contribution in [0.15, 0.2) is 52.3 Å². The van der Waals surface area contributed by atoms with Crippen LogP contribution in [0.5, 0.6) is 5.75 Å². The van der Waals surface area contributed by atoms with E-state index in [4.69, 9.17) is 5.11 Å². The van der Waals surface area contributed by atoms with Crippen LogP contribution in [-0.4, -0.2) is 23.5 Å². The molecule has 20 heavy (non-hydrogen) atoms. The zero-order chi connectivity index (χ0) is 14.8. The second-order valence-electron chi connectivity index (χ2n) is 4.00. The molecule has 7 nitrogen and oxygen atoms in total. The van der Waals surface area contributed by atoms with E-state index in [2.05, 4.69) is 4.72 Å². The predicted molar refractivity (Wildman–Crippen MR) is 70.0 cm³/mol. The third kappa shape index (κ3) is 2.98. The molecule has 0 saturated heterocycles. The molecule has 1 aromatic heterocycles. The number of nitrogens with one attached hydrogen (secondary N) is 1. The van der Waals surface area contributed by atoms with Gasteiger partial charge in [-0.25, -0.2) is 13.1 Å². The highest BCUT2D eigenvalue weighted by atomic mass is 32.2. The van der Waals surface area contributed by atoms with Gasteiger partial charge in [0.05, 0.1) is 23.3 Å². The highest BCUT2D eigenvalue weighted by Gasteiger charge is 2.14. The van der Waals surface area contributed by atoms with Gasteiger partial charge in [-0.2, -0.15) is 4.73 Å². The molecule has 0 saturated carbocycles. The maximum atomic E-state index is 11.9. The van der Waals surface area contributed by atoms with Gasteiger partial charge < -0.3 is 10.3 Å². The number of sulfonamides is 1. The predicted octanol–water partition coefficient (Wildman–Crippen LogP) is 0.270. The second kappa shape index (κ2) is 5.35. The van der Waals surface area contributed by atoms with E-state index in [-0.39, 0.29) is 17.1 Å². The molecule has 0 aliphatic carbocycles. The van der Waals surface area contributed by atoms with Crippen LogP contribution in [0.25, 0.3) is 0 Å². The Balaban J connectivity index is 2.21. The minimum Gasteiger partial charge on any atom is -0.503 e. The fourth-order valence-corrected chi connectivity index (χ4v) is 2.56. The third-order valence-corrected chi connectivity index (χ3v) is 4.00. The number of nitrogens with zero attached hydrogens (tertiary/aromatic N) is 1. The fraction of sp³-hybridized carbons (Fsp3) is 0.0833. The maximum absolute atomic E-state index is 11.9. The average molecular weight is 296 g/mol. The molecular weight excluding hydrogens is 284 g/mol. The molecule has 0 amide bonds. The van der Waals surface area contributed by atoms with Crippen molar-refractivity contribution in [1.82, 2.24) is 9.45 Å². The quantitative estimate of drug-likeness (QED) is 0.702. The van der Waals surface area contributed by atoms with Crippen molar-refractivity contribution in [3.8, 4) is 5.75 Å². The van der Waals surface area contributed by atoms with Gasteiger partial charge in [0.2, 0.25) is 15.5 Å². The molecule has 0 spiro atoms. The molecule has 3 N–H and O–H groups in total. The third-order valence-electron chi connectivity index (χ3n) is 2.59. The lowest BCUT2D eigenvalue weighted by atomic mass is 10.3. The van der Waals surface area contributed by atoms with E-state index in [0.717, 1.165) is 12.3 Å². The first kappa shape index (κ1) is 14.1. The zero-order valence-corrected chi connectivity index (χ0v) is 11.0. The van der Waals surface area contributed by atoms with E-state index in [1.54, 1.807) is 18.2 Å². The number of hydrogen-bond acceptors (Lipinski definition) is 5. The highest BCUT2D eigenvalue weighted by molar-refractivity contribution is 7.89. The van der Waals surface area contributed by atoms with Gasteiger partial charge in [0.25, 0.3) is 0 Å². The number of aromatic hydroxyl groups is 1. The van der Waals surface area contributed by atoms with E-state index >= 15 is 0 Å². The minimum absolute atomic E-state index is 0.00676. The number of benzene rings is 1. The van der Waals surface area contributed by atoms with Crippen molar-refractivity contribution in [2.24, 2.45) is 0 Å². The van der Waals surface area contributed by atoms with Gasteiger partial charge >= 0.3 is 0 Å². The van der Waals surface area contributed by atoms with Crippen molar-refractivity contribution in [2.75, 3.05) is 0 Å². The number of hydrogen-bond donors (Lipinski definition) is 3. The molecule has 0 radical (unpaired) electrons. The number of pyridine rings is 1. The van der Waals surface area contributed by atoms with Crippen LogP contribution in [0.2, 0.25) is 0 Å². The van der Waals surface area contributed by atoms with Crippen molar-refractivity contribution in [1.29, 1.82) is 0 Å². The Labute approximate surface area is 114 Å². The lowest BCUT2D eigenvalue weighted by molar-refractivity contribution is 0.170. The molecule has 1 aromatic carbocycles. The van der Waals surface area contributed by atoms with Crippen molar-refractivity contribution >= 4 is 10.0 Å². The molecule has 0 atom stereocenters. The van der Waals surface area contributed by atoms with Crippen molar-refractivity contribution < 1.29 is 18.7 Å². The van der Waals surface area contributed by atoms with Crippen LogP contribution in [0.4, 0.5) is 0 Å². The van der Waals surface area contributed by atoms with E-state index in [1.807, 2.05) is 0 Å². The smallest absolute Gasteiger partial charge is 0.240 e. The fourth-order valence-electron chi connectivity index (χ4n) is 1.54. The summed E-state index contributed by atoms with van der Waals surface area (Å²) in [6.07, 6.45) is 0.800. The molecular formula is C12H12N2O5S. The summed E-state index contributed by atoms with van der Waals surface area (Å²) in [4.78, 5) is 11.3. The van der Waals surface area contributed by atoms with Gasteiger partial charge in [0.15, 0.2) is 5.75 Å². The lowest BCUT2D eigenvalue weighted by Gasteiger charge is -2.09. The monoisotopic (exact) mass is 296 g/mol. The Morgan fingerprint density at radius 1 is 1.20 bits per heavy atom.